The Morgan fingerprint density at radius 3 is 2.50 bits per heavy atom. The van der Waals surface area contributed by atoms with Crippen LogP contribution in [0.1, 0.15) is 16.8 Å². The largest absolute Gasteiger partial charge is 0.497 e. The van der Waals surface area contributed by atoms with Gasteiger partial charge >= 0.3 is 5.97 Å². The van der Waals surface area contributed by atoms with Gasteiger partial charge in [0.1, 0.15) is 5.75 Å². The zero-order valence-corrected chi connectivity index (χ0v) is 14.1. The van der Waals surface area contributed by atoms with E-state index in [1.54, 1.807) is 48.4 Å². The van der Waals surface area contributed by atoms with Crippen LogP contribution in [-0.2, 0) is 9.59 Å². The predicted molar refractivity (Wildman–Crippen MR) is 95.5 cm³/mol. The third-order valence-corrected chi connectivity index (χ3v) is 4.30. The maximum Gasteiger partial charge on any atom is 0.337 e. The molecule has 2 N–H and O–H groups in total. The van der Waals surface area contributed by atoms with Crippen molar-refractivity contribution < 1.29 is 24.2 Å². The number of carbonyl (C=O) groups is 3. The van der Waals surface area contributed by atoms with E-state index >= 15 is 0 Å². The Labute approximate surface area is 150 Å². The molecule has 26 heavy (non-hydrogen) atoms. The van der Waals surface area contributed by atoms with Crippen LogP contribution in [0.3, 0.4) is 0 Å². The molecule has 1 unspecified atom stereocenters. The van der Waals surface area contributed by atoms with Crippen molar-refractivity contribution in [3.05, 3.63) is 54.1 Å². The zero-order chi connectivity index (χ0) is 18.7. The molecule has 1 fully saturated rings. The van der Waals surface area contributed by atoms with E-state index in [1.807, 2.05) is 0 Å². The minimum atomic E-state index is -1.12. The van der Waals surface area contributed by atoms with Gasteiger partial charge in [-0.15, -0.1) is 0 Å². The van der Waals surface area contributed by atoms with E-state index in [4.69, 9.17) is 4.74 Å². The number of amides is 2. The first-order valence-electron chi connectivity index (χ1n) is 8.07. The molecule has 1 aliphatic heterocycles. The first-order valence-corrected chi connectivity index (χ1v) is 8.07. The number of carboxylic acid groups (broad SMARTS) is 1. The molecule has 134 valence electrons. The van der Waals surface area contributed by atoms with Gasteiger partial charge in [0.25, 0.3) is 0 Å². The number of nitrogens with zero attached hydrogens (tertiary/aromatic N) is 1. The van der Waals surface area contributed by atoms with Gasteiger partial charge in [-0.05, 0) is 36.4 Å². The molecular formula is C19H18N2O5. The number of rotatable bonds is 5. The number of anilines is 2. The lowest BCUT2D eigenvalue weighted by Gasteiger charge is -2.17. The predicted octanol–water partition coefficient (Wildman–Crippen LogP) is 2.39. The fourth-order valence-corrected chi connectivity index (χ4v) is 2.91. The Morgan fingerprint density at radius 1 is 1.15 bits per heavy atom. The molecular weight excluding hydrogens is 336 g/mol. The second-order valence-corrected chi connectivity index (χ2v) is 5.94. The number of methoxy groups -OCH3 is 1. The van der Waals surface area contributed by atoms with Crippen molar-refractivity contribution in [2.24, 2.45) is 5.92 Å². The van der Waals surface area contributed by atoms with Crippen LogP contribution in [0, 0.1) is 5.92 Å². The minimum absolute atomic E-state index is 0.0113. The first kappa shape index (κ1) is 17.5. The van der Waals surface area contributed by atoms with Crippen LogP contribution in [0.25, 0.3) is 0 Å². The standard InChI is InChI=1S/C19H18N2O5/c1-26-14-8-6-13(7-9-14)21-11-12(10-17(21)22)18(23)20-16-5-3-2-4-15(16)19(24)25/h2-9,12H,10-11H2,1H3,(H,20,23)(H,24,25). The number of para-hydroxylation sites is 1. The normalized spacial score (nSPS) is 16.4. The van der Waals surface area contributed by atoms with Gasteiger partial charge < -0.3 is 20.1 Å². The number of ether oxygens (including phenoxy) is 1. The maximum absolute atomic E-state index is 12.5. The second-order valence-electron chi connectivity index (χ2n) is 5.94. The summed E-state index contributed by atoms with van der Waals surface area (Å²) in [5.74, 6) is -1.51. The van der Waals surface area contributed by atoms with Crippen molar-refractivity contribution in [3.8, 4) is 5.75 Å². The van der Waals surface area contributed by atoms with Gasteiger partial charge in [-0.2, -0.15) is 0 Å². The van der Waals surface area contributed by atoms with Crippen molar-refractivity contribution in [2.45, 2.75) is 6.42 Å². The molecule has 2 amide bonds. The highest BCUT2D eigenvalue weighted by molar-refractivity contribution is 6.05. The highest BCUT2D eigenvalue weighted by atomic mass is 16.5. The van der Waals surface area contributed by atoms with E-state index < -0.39 is 11.9 Å². The van der Waals surface area contributed by atoms with Crippen molar-refractivity contribution in [1.29, 1.82) is 0 Å². The lowest BCUT2D eigenvalue weighted by molar-refractivity contribution is -0.122. The van der Waals surface area contributed by atoms with Crippen molar-refractivity contribution >= 4 is 29.2 Å². The number of nitrogens with one attached hydrogen (secondary N) is 1. The molecule has 2 aromatic rings. The molecule has 0 bridgehead atoms. The number of benzene rings is 2. The molecule has 0 saturated carbocycles. The highest BCUT2D eigenvalue weighted by Crippen LogP contribution is 2.28. The van der Waals surface area contributed by atoms with Crippen LogP contribution < -0.4 is 15.0 Å². The fraction of sp³-hybridized carbons (Fsp3) is 0.211. The number of carbonyl (C=O) groups excluding carboxylic acids is 2. The second kappa shape index (κ2) is 7.26. The number of hydrogen-bond acceptors (Lipinski definition) is 4. The third kappa shape index (κ3) is 3.51. The van der Waals surface area contributed by atoms with Crippen LogP contribution in [-0.4, -0.2) is 36.5 Å². The van der Waals surface area contributed by atoms with E-state index in [0.717, 1.165) is 0 Å². The van der Waals surface area contributed by atoms with Gasteiger partial charge in [0.2, 0.25) is 11.8 Å². The number of carboxylic acids is 1. The van der Waals surface area contributed by atoms with Gasteiger partial charge in [-0.1, -0.05) is 12.1 Å². The summed E-state index contributed by atoms with van der Waals surface area (Å²) in [5, 5.41) is 11.8. The molecule has 7 heteroatoms. The van der Waals surface area contributed by atoms with Gasteiger partial charge in [0, 0.05) is 18.7 Å². The van der Waals surface area contributed by atoms with E-state index in [1.165, 1.54) is 12.1 Å². The third-order valence-electron chi connectivity index (χ3n) is 4.30. The Kier molecular flexibility index (Phi) is 4.88. The van der Waals surface area contributed by atoms with E-state index in [0.29, 0.717) is 11.4 Å². The molecule has 1 heterocycles. The average molecular weight is 354 g/mol. The average Bonchev–Trinajstić information content (AvgIpc) is 3.04. The van der Waals surface area contributed by atoms with E-state index in [2.05, 4.69) is 5.32 Å². The van der Waals surface area contributed by atoms with Crippen LogP contribution >= 0.6 is 0 Å². The molecule has 3 rings (SSSR count). The summed E-state index contributed by atoms with van der Waals surface area (Å²) in [5.41, 5.74) is 0.926. The monoisotopic (exact) mass is 354 g/mol. The van der Waals surface area contributed by atoms with E-state index in [9.17, 15) is 19.5 Å². The lowest BCUT2D eigenvalue weighted by Crippen LogP contribution is -2.28. The van der Waals surface area contributed by atoms with Crippen LogP contribution in [0.2, 0.25) is 0 Å². The number of aromatic carboxylic acids is 1. The molecule has 0 aromatic heterocycles. The Morgan fingerprint density at radius 2 is 1.85 bits per heavy atom. The molecule has 7 nitrogen and oxygen atoms in total. The smallest absolute Gasteiger partial charge is 0.337 e. The van der Waals surface area contributed by atoms with Gasteiger partial charge in [0.05, 0.1) is 24.3 Å². The summed E-state index contributed by atoms with van der Waals surface area (Å²) in [6, 6.07) is 13.2. The topological polar surface area (TPSA) is 95.9 Å². The summed E-state index contributed by atoms with van der Waals surface area (Å²) in [7, 11) is 1.56. The van der Waals surface area contributed by atoms with Crippen LogP contribution in [0.5, 0.6) is 5.75 Å². The van der Waals surface area contributed by atoms with Crippen LogP contribution in [0.15, 0.2) is 48.5 Å². The summed E-state index contributed by atoms with van der Waals surface area (Å²) in [4.78, 5) is 37.6. The molecule has 0 radical (unpaired) electrons. The summed E-state index contributed by atoms with van der Waals surface area (Å²) in [6.07, 6.45) is 0.0765. The molecule has 1 atom stereocenters. The summed E-state index contributed by atoms with van der Waals surface area (Å²) in [6.45, 7) is 0.242. The Balaban J connectivity index is 1.72. The molecule has 0 aliphatic carbocycles. The van der Waals surface area contributed by atoms with Crippen molar-refractivity contribution in [1.82, 2.24) is 0 Å². The Bertz CT molecular complexity index is 847. The quantitative estimate of drug-likeness (QED) is 0.859. The summed E-state index contributed by atoms with van der Waals surface area (Å²) >= 11 is 0. The van der Waals surface area contributed by atoms with E-state index in [-0.39, 0.29) is 36.0 Å². The van der Waals surface area contributed by atoms with Crippen molar-refractivity contribution in [2.75, 3.05) is 23.9 Å². The van der Waals surface area contributed by atoms with Gasteiger partial charge in [-0.25, -0.2) is 4.79 Å². The fourth-order valence-electron chi connectivity index (χ4n) is 2.91. The van der Waals surface area contributed by atoms with Gasteiger partial charge in [0.15, 0.2) is 0 Å². The van der Waals surface area contributed by atoms with Gasteiger partial charge in [-0.3, -0.25) is 9.59 Å². The molecule has 0 spiro atoms. The molecule has 1 aliphatic rings. The Hall–Kier alpha value is -3.35. The molecule has 2 aromatic carbocycles. The van der Waals surface area contributed by atoms with Crippen molar-refractivity contribution in [3.63, 3.8) is 0 Å². The minimum Gasteiger partial charge on any atom is -0.497 e. The zero-order valence-electron chi connectivity index (χ0n) is 14.1. The number of hydrogen-bond donors (Lipinski definition) is 2. The summed E-state index contributed by atoms with van der Waals surface area (Å²) < 4.78 is 5.10. The highest BCUT2D eigenvalue weighted by Gasteiger charge is 2.35. The SMILES string of the molecule is COc1ccc(N2CC(C(=O)Nc3ccccc3C(=O)O)CC2=O)cc1. The molecule has 1 saturated heterocycles. The maximum atomic E-state index is 12.5. The first-order chi connectivity index (χ1) is 12.5. The lowest BCUT2D eigenvalue weighted by atomic mass is 10.1. The van der Waals surface area contributed by atoms with Crippen LogP contribution in [0.4, 0.5) is 11.4 Å².